The molecule has 154 valence electrons. The van der Waals surface area contributed by atoms with Crippen molar-refractivity contribution in [2.45, 2.75) is 43.9 Å². The normalized spacial score (nSPS) is 29.3. The monoisotopic (exact) mass is 406 g/mol. The lowest BCUT2D eigenvalue weighted by Crippen LogP contribution is -2.34. The molecule has 2 fully saturated rings. The third kappa shape index (κ3) is 3.50. The fourth-order valence-electron chi connectivity index (χ4n) is 3.28. The van der Waals surface area contributed by atoms with Crippen molar-refractivity contribution in [3.8, 4) is 0 Å². The second kappa shape index (κ2) is 7.35. The van der Waals surface area contributed by atoms with Crippen LogP contribution < -0.4 is 10.6 Å². The summed E-state index contributed by atoms with van der Waals surface area (Å²) in [4.78, 5) is 46.5. The van der Waals surface area contributed by atoms with E-state index in [0.29, 0.717) is 0 Å². The van der Waals surface area contributed by atoms with E-state index < -0.39 is 48.4 Å². The first-order valence-electron chi connectivity index (χ1n) is 8.78. The smallest absolute Gasteiger partial charge is 0.302 e. The summed E-state index contributed by atoms with van der Waals surface area (Å²) >= 11 is 0. The Kier molecular flexibility index (Phi) is 4.86. The highest BCUT2D eigenvalue weighted by Crippen LogP contribution is 2.32. The molecule has 0 spiro atoms. The fraction of sp³-hybridized carbons (Fsp3) is 0.500. The predicted molar refractivity (Wildman–Crippen MR) is 93.1 cm³/mol. The summed E-state index contributed by atoms with van der Waals surface area (Å²) in [6, 6.07) is -0.783. The average Bonchev–Trinajstić information content (AvgIpc) is 3.31. The number of ether oxygens (including phenoxy) is 2. The lowest BCUT2D eigenvalue weighted by Gasteiger charge is -2.16. The quantitative estimate of drug-likeness (QED) is 0.314. The fourth-order valence-corrected chi connectivity index (χ4v) is 3.28. The molecule has 29 heavy (non-hydrogen) atoms. The van der Waals surface area contributed by atoms with E-state index in [0.717, 1.165) is 0 Å². The minimum absolute atomic E-state index is 0.0283. The molecule has 5 atom stereocenters. The van der Waals surface area contributed by atoms with E-state index in [2.05, 4.69) is 25.6 Å². The van der Waals surface area contributed by atoms with E-state index >= 15 is 0 Å². The molecule has 13 nitrogen and oxygen atoms in total. The first-order chi connectivity index (χ1) is 13.8. The number of nitrogens with one attached hydrogen (secondary N) is 2. The summed E-state index contributed by atoms with van der Waals surface area (Å²) in [7, 11) is 0. The van der Waals surface area contributed by atoms with Gasteiger partial charge in [-0.05, 0) is 0 Å². The molecule has 2 aromatic heterocycles. The Bertz CT molecular complexity index is 978. The molecule has 2 aromatic rings. The molecular weight excluding hydrogens is 388 g/mol. The molecule has 4 heterocycles. The van der Waals surface area contributed by atoms with E-state index in [9.17, 15) is 24.6 Å². The van der Waals surface area contributed by atoms with Gasteiger partial charge in [0.2, 0.25) is 11.8 Å². The number of carbonyl (C=O) groups excluding carboxylic acids is 3. The molecule has 0 aliphatic carbocycles. The molecule has 0 bridgehead atoms. The minimum Gasteiger partial charge on any atom is -0.463 e. The number of imide groups is 1. The van der Waals surface area contributed by atoms with Crippen LogP contribution in [0.2, 0.25) is 0 Å². The van der Waals surface area contributed by atoms with Crippen molar-refractivity contribution in [1.29, 1.82) is 0 Å². The Morgan fingerprint density at radius 1 is 1.34 bits per heavy atom. The van der Waals surface area contributed by atoms with Gasteiger partial charge in [0.15, 0.2) is 23.2 Å². The maximum Gasteiger partial charge on any atom is 0.302 e. The Balaban J connectivity index is 1.58. The third-order valence-electron chi connectivity index (χ3n) is 4.70. The van der Waals surface area contributed by atoms with Crippen molar-refractivity contribution in [1.82, 2.24) is 24.8 Å². The van der Waals surface area contributed by atoms with E-state index in [1.54, 1.807) is 0 Å². The van der Waals surface area contributed by atoms with Crippen molar-refractivity contribution >= 4 is 34.8 Å². The molecule has 0 radical (unpaired) electrons. The van der Waals surface area contributed by atoms with Crippen LogP contribution in [0.5, 0.6) is 0 Å². The summed E-state index contributed by atoms with van der Waals surface area (Å²) in [5.41, 5.74) is 0.560. The van der Waals surface area contributed by atoms with Gasteiger partial charge in [-0.1, -0.05) is 0 Å². The molecule has 2 saturated heterocycles. The summed E-state index contributed by atoms with van der Waals surface area (Å²) in [6.07, 6.45) is -2.02. The lowest BCUT2D eigenvalue weighted by molar-refractivity contribution is -0.147. The number of esters is 1. The van der Waals surface area contributed by atoms with Crippen LogP contribution in [0.3, 0.4) is 0 Å². The van der Waals surface area contributed by atoms with E-state index in [1.807, 2.05) is 0 Å². The Labute approximate surface area is 163 Å². The first-order valence-corrected chi connectivity index (χ1v) is 8.78. The number of carbonyl (C=O) groups is 3. The third-order valence-corrected chi connectivity index (χ3v) is 4.70. The molecular formula is C16H18N6O7. The van der Waals surface area contributed by atoms with Crippen molar-refractivity contribution < 1.29 is 34.1 Å². The van der Waals surface area contributed by atoms with Gasteiger partial charge in [0.1, 0.15) is 37.3 Å². The van der Waals surface area contributed by atoms with Gasteiger partial charge in [-0.15, -0.1) is 0 Å². The van der Waals surface area contributed by atoms with E-state index in [4.69, 9.17) is 9.47 Å². The highest BCUT2D eigenvalue weighted by Gasteiger charge is 2.45. The number of aliphatic hydroxyl groups is 2. The van der Waals surface area contributed by atoms with Crippen molar-refractivity contribution in [3.63, 3.8) is 0 Å². The van der Waals surface area contributed by atoms with Crippen LogP contribution in [0.1, 0.15) is 19.6 Å². The van der Waals surface area contributed by atoms with Crippen LogP contribution in [0.25, 0.3) is 11.2 Å². The standard InChI is InChI=1S/C16H18N6O7/c1-6(23)28-3-8-11(25)12(26)16(29-8)22-5-19-10-13(17-4-18-14(10)22)20-7-2-9(24)21-15(7)27/h4-5,7-8,11-12,16,25-26H,2-3H2,1H3,(H,17,18,20)(H,21,24,27)/t7-,8-,11-,12-,16-/m1/s1. The van der Waals surface area contributed by atoms with Crippen LogP contribution in [0, 0.1) is 0 Å². The molecule has 0 aromatic carbocycles. The maximum absolute atomic E-state index is 11.8. The van der Waals surface area contributed by atoms with Gasteiger partial charge < -0.3 is 25.0 Å². The molecule has 0 saturated carbocycles. The Hall–Kier alpha value is -3.16. The second-order valence-electron chi connectivity index (χ2n) is 6.71. The second-order valence-corrected chi connectivity index (χ2v) is 6.71. The van der Waals surface area contributed by atoms with Crippen LogP contribution in [-0.2, 0) is 23.9 Å². The van der Waals surface area contributed by atoms with Gasteiger partial charge in [-0.3, -0.25) is 24.3 Å². The number of aromatic nitrogens is 4. The number of nitrogens with zero attached hydrogens (tertiary/aromatic N) is 4. The summed E-state index contributed by atoms with van der Waals surface area (Å²) in [5, 5.41) is 25.6. The van der Waals surface area contributed by atoms with E-state index in [1.165, 1.54) is 24.1 Å². The molecule has 0 unspecified atom stereocenters. The van der Waals surface area contributed by atoms with Crippen molar-refractivity contribution in [2.24, 2.45) is 0 Å². The summed E-state index contributed by atoms with van der Waals surface area (Å²) in [5.74, 6) is -1.16. The minimum atomic E-state index is -1.32. The zero-order chi connectivity index (χ0) is 20.7. The first kappa shape index (κ1) is 19.2. The average molecular weight is 406 g/mol. The Morgan fingerprint density at radius 3 is 2.83 bits per heavy atom. The summed E-state index contributed by atoms with van der Waals surface area (Å²) < 4.78 is 11.9. The van der Waals surface area contributed by atoms with Gasteiger partial charge in [0.05, 0.1) is 12.7 Å². The SMILES string of the molecule is CC(=O)OC[C@H]1O[C@@H](n2cnc3c(N[C@@H]4CC(=O)NC4=O)ncnc32)[C@H](O)[C@@H]1O. The highest BCUT2D eigenvalue weighted by molar-refractivity contribution is 6.07. The maximum atomic E-state index is 11.8. The number of hydrogen-bond acceptors (Lipinski definition) is 11. The van der Waals surface area contributed by atoms with Gasteiger partial charge in [0.25, 0.3) is 0 Å². The number of rotatable bonds is 5. The zero-order valence-corrected chi connectivity index (χ0v) is 15.2. The largest absolute Gasteiger partial charge is 0.463 e. The number of amides is 2. The van der Waals surface area contributed by atoms with Crippen LogP contribution in [0.4, 0.5) is 5.82 Å². The number of aliphatic hydroxyl groups excluding tert-OH is 2. The van der Waals surface area contributed by atoms with Crippen LogP contribution >= 0.6 is 0 Å². The number of imidazole rings is 1. The highest BCUT2D eigenvalue weighted by atomic mass is 16.6. The van der Waals surface area contributed by atoms with Crippen LogP contribution in [-0.4, -0.2) is 78.5 Å². The van der Waals surface area contributed by atoms with Gasteiger partial charge in [-0.25, -0.2) is 15.0 Å². The molecule has 4 rings (SSSR count). The predicted octanol–water partition coefficient (Wildman–Crippen LogP) is -2.16. The lowest BCUT2D eigenvalue weighted by atomic mass is 10.1. The van der Waals surface area contributed by atoms with Crippen molar-refractivity contribution in [2.75, 3.05) is 11.9 Å². The molecule has 4 N–H and O–H groups in total. The van der Waals surface area contributed by atoms with Crippen LogP contribution in [0.15, 0.2) is 12.7 Å². The molecule has 2 aliphatic rings. The molecule has 2 aliphatic heterocycles. The van der Waals surface area contributed by atoms with Crippen molar-refractivity contribution in [3.05, 3.63) is 12.7 Å². The number of anilines is 1. The summed E-state index contributed by atoms with van der Waals surface area (Å²) in [6.45, 7) is 1.01. The number of hydrogen-bond donors (Lipinski definition) is 4. The topological polar surface area (TPSA) is 178 Å². The number of fused-ring (bicyclic) bond motifs is 1. The van der Waals surface area contributed by atoms with Gasteiger partial charge in [-0.2, -0.15) is 0 Å². The van der Waals surface area contributed by atoms with Gasteiger partial charge >= 0.3 is 5.97 Å². The van der Waals surface area contributed by atoms with E-state index in [-0.39, 0.29) is 30.0 Å². The molecule has 2 amide bonds. The molecule has 13 heteroatoms. The van der Waals surface area contributed by atoms with Gasteiger partial charge in [0, 0.05) is 6.92 Å². The Morgan fingerprint density at radius 2 is 2.14 bits per heavy atom. The zero-order valence-electron chi connectivity index (χ0n) is 15.2.